The lowest BCUT2D eigenvalue weighted by Gasteiger charge is -1.86. The summed E-state index contributed by atoms with van der Waals surface area (Å²) in [6.45, 7) is 0. The Balaban J connectivity index is 3.20. The van der Waals surface area contributed by atoms with E-state index in [9.17, 15) is 0 Å². The molecule has 1 aromatic rings. The van der Waals surface area contributed by atoms with Gasteiger partial charge in [-0.15, -0.1) is 0 Å². The van der Waals surface area contributed by atoms with Crippen LogP contribution in [0.2, 0.25) is 5.02 Å². The van der Waals surface area contributed by atoms with Crippen LogP contribution < -0.4 is 0 Å². The summed E-state index contributed by atoms with van der Waals surface area (Å²) in [5.74, 6) is 0. The molecule has 1 heterocycles. The first-order valence-corrected chi connectivity index (χ1v) is 2.58. The van der Waals surface area contributed by atoms with Crippen molar-refractivity contribution in [2.75, 3.05) is 0 Å². The molecule has 0 amide bonds. The third-order valence-corrected chi connectivity index (χ3v) is 1.05. The van der Waals surface area contributed by atoms with Crippen molar-refractivity contribution in [2.45, 2.75) is 0 Å². The lowest BCUT2D eigenvalue weighted by atomic mass is 10.4. The Labute approximate surface area is 56.9 Å². The van der Waals surface area contributed by atoms with Crippen LogP contribution in [-0.2, 0) is 0 Å². The fraction of sp³-hybridized carbons (Fsp3) is 0. The molecule has 0 radical (unpaired) electrons. The first-order valence-electron chi connectivity index (χ1n) is 2.20. The number of rotatable bonds is 0. The van der Waals surface area contributed by atoms with Gasteiger partial charge in [-0.3, -0.25) is 0 Å². The molecule has 0 atom stereocenters. The van der Waals surface area contributed by atoms with E-state index in [2.05, 4.69) is 9.97 Å². The third-order valence-electron chi connectivity index (χ3n) is 0.774. The van der Waals surface area contributed by atoms with Crippen molar-refractivity contribution >= 4 is 11.6 Å². The Morgan fingerprint density at radius 2 is 2.44 bits per heavy atom. The normalized spacial score (nSPS) is 8.44. The first kappa shape index (κ1) is 5.99. The third kappa shape index (κ3) is 1.15. The van der Waals surface area contributed by atoms with E-state index in [0.717, 1.165) is 0 Å². The molecule has 0 bridgehead atoms. The second-order valence-corrected chi connectivity index (χ2v) is 1.74. The highest BCUT2D eigenvalue weighted by Gasteiger charge is 1.95. The van der Waals surface area contributed by atoms with Crippen LogP contribution in [0.15, 0.2) is 12.5 Å². The number of aromatic nitrogens is 2. The highest BCUT2D eigenvalue weighted by molar-refractivity contribution is 6.31. The van der Waals surface area contributed by atoms with Gasteiger partial charge < -0.3 is 0 Å². The minimum Gasteiger partial charge on any atom is -0.243 e. The van der Waals surface area contributed by atoms with Crippen molar-refractivity contribution in [1.29, 1.82) is 5.26 Å². The van der Waals surface area contributed by atoms with Crippen LogP contribution in [-0.4, -0.2) is 9.97 Å². The summed E-state index contributed by atoms with van der Waals surface area (Å²) in [6, 6.07) is 1.81. The van der Waals surface area contributed by atoms with Gasteiger partial charge in [-0.1, -0.05) is 11.6 Å². The molecule has 0 spiro atoms. The summed E-state index contributed by atoms with van der Waals surface area (Å²) < 4.78 is 0. The number of nitriles is 1. The average Bonchev–Trinajstić information content (AvgIpc) is 1.89. The molecule has 9 heavy (non-hydrogen) atoms. The summed E-state index contributed by atoms with van der Waals surface area (Å²) in [7, 11) is 0. The van der Waals surface area contributed by atoms with Gasteiger partial charge in [0.25, 0.3) is 0 Å². The van der Waals surface area contributed by atoms with E-state index in [-0.39, 0.29) is 5.69 Å². The Kier molecular flexibility index (Phi) is 1.61. The smallest absolute Gasteiger partial charge is 0.162 e. The van der Waals surface area contributed by atoms with Crippen molar-refractivity contribution < 1.29 is 0 Å². The molecule has 0 aliphatic carbocycles. The average molecular weight is 140 g/mol. The number of nitrogens with zero attached hydrogens (tertiary/aromatic N) is 3. The monoisotopic (exact) mass is 139 g/mol. The van der Waals surface area contributed by atoms with E-state index in [1.165, 1.54) is 12.5 Å². The maximum absolute atomic E-state index is 8.29. The van der Waals surface area contributed by atoms with Crippen molar-refractivity contribution in [3.63, 3.8) is 0 Å². The predicted octanol–water partition coefficient (Wildman–Crippen LogP) is 1.00. The van der Waals surface area contributed by atoms with E-state index in [0.29, 0.717) is 5.02 Å². The number of halogens is 1. The molecule has 44 valence electrons. The van der Waals surface area contributed by atoms with Crippen LogP contribution in [0.3, 0.4) is 0 Å². The van der Waals surface area contributed by atoms with Crippen molar-refractivity contribution in [1.82, 2.24) is 9.97 Å². The highest BCUT2D eigenvalue weighted by atomic mass is 35.5. The minimum absolute atomic E-state index is 0.215. The van der Waals surface area contributed by atoms with Gasteiger partial charge in [-0.2, -0.15) is 5.26 Å². The van der Waals surface area contributed by atoms with E-state index in [4.69, 9.17) is 16.9 Å². The van der Waals surface area contributed by atoms with Crippen LogP contribution in [0.1, 0.15) is 5.69 Å². The summed E-state index contributed by atoms with van der Waals surface area (Å²) in [4.78, 5) is 7.19. The molecule has 1 rings (SSSR count). The Hall–Kier alpha value is -1.14. The van der Waals surface area contributed by atoms with Gasteiger partial charge in [0.1, 0.15) is 12.4 Å². The molecule has 3 nitrogen and oxygen atoms in total. The van der Waals surface area contributed by atoms with E-state index in [1.807, 2.05) is 6.07 Å². The minimum atomic E-state index is 0.215. The van der Waals surface area contributed by atoms with Crippen molar-refractivity contribution in [3.05, 3.63) is 23.2 Å². The zero-order valence-electron chi connectivity index (χ0n) is 4.37. The summed E-state index contributed by atoms with van der Waals surface area (Å²) >= 11 is 5.48. The number of hydrogen-bond donors (Lipinski definition) is 0. The van der Waals surface area contributed by atoms with Crippen LogP contribution in [0, 0.1) is 11.3 Å². The molecular weight excluding hydrogens is 138 g/mol. The molecule has 0 aliphatic rings. The van der Waals surface area contributed by atoms with Crippen LogP contribution in [0.4, 0.5) is 0 Å². The van der Waals surface area contributed by atoms with Crippen LogP contribution >= 0.6 is 11.6 Å². The van der Waals surface area contributed by atoms with Gasteiger partial charge in [-0.05, 0) is 0 Å². The molecule has 0 saturated carbocycles. The van der Waals surface area contributed by atoms with Crippen LogP contribution in [0.5, 0.6) is 0 Å². The van der Waals surface area contributed by atoms with Crippen LogP contribution in [0.25, 0.3) is 0 Å². The largest absolute Gasteiger partial charge is 0.243 e. The van der Waals surface area contributed by atoms with Gasteiger partial charge in [0.05, 0.1) is 11.2 Å². The fourth-order valence-corrected chi connectivity index (χ4v) is 0.542. The molecule has 0 saturated heterocycles. The van der Waals surface area contributed by atoms with Crippen molar-refractivity contribution in [3.8, 4) is 6.07 Å². The molecule has 4 heteroatoms. The second-order valence-electron chi connectivity index (χ2n) is 1.33. The lowest BCUT2D eigenvalue weighted by molar-refractivity contribution is 1.14. The molecule has 0 unspecified atom stereocenters. The first-order chi connectivity index (χ1) is 4.34. The number of hydrogen-bond acceptors (Lipinski definition) is 3. The van der Waals surface area contributed by atoms with Gasteiger partial charge >= 0.3 is 0 Å². The van der Waals surface area contributed by atoms with E-state index < -0.39 is 0 Å². The Bertz CT molecular complexity index is 253. The van der Waals surface area contributed by atoms with Gasteiger partial charge in [0.15, 0.2) is 5.69 Å². The van der Waals surface area contributed by atoms with Gasteiger partial charge in [0.2, 0.25) is 0 Å². The second kappa shape index (κ2) is 2.42. The molecule has 0 N–H and O–H groups in total. The molecule has 1 aromatic heterocycles. The van der Waals surface area contributed by atoms with Gasteiger partial charge in [0, 0.05) is 0 Å². The quantitative estimate of drug-likeness (QED) is 0.539. The fourth-order valence-electron chi connectivity index (χ4n) is 0.395. The summed E-state index contributed by atoms with van der Waals surface area (Å²) in [5, 5.41) is 8.59. The van der Waals surface area contributed by atoms with Crippen molar-refractivity contribution in [2.24, 2.45) is 0 Å². The van der Waals surface area contributed by atoms with Gasteiger partial charge in [-0.25, -0.2) is 9.97 Å². The SMILES string of the molecule is N#Cc1ncncc1Cl. The predicted molar refractivity (Wildman–Crippen MR) is 31.8 cm³/mol. The highest BCUT2D eigenvalue weighted by Crippen LogP contribution is 2.07. The molecule has 0 fully saturated rings. The Morgan fingerprint density at radius 1 is 1.67 bits per heavy atom. The summed E-state index contributed by atoms with van der Waals surface area (Å²) in [6.07, 6.45) is 2.66. The maximum atomic E-state index is 8.29. The zero-order chi connectivity index (χ0) is 6.69. The molecular formula is C5H2ClN3. The molecule has 0 aliphatic heterocycles. The maximum Gasteiger partial charge on any atom is 0.162 e. The van der Waals surface area contributed by atoms with E-state index >= 15 is 0 Å². The standard InChI is InChI=1S/C5H2ClN3/c6-4-2-8-3-9-5(4)1-7/h2-3H. The Morgan fingerprint density at radius 3 is 2.89 bits per heavy atom. The zero-order valence-corrected chi connectivity index (χ0v) is 5.13. The topological polar surface area (TPSA) is 49.6 Å². The molecule has 0 aromatic carbocycles. The van der Waals surface area contributed by atoms with E-state index in [1.54, 1.807) is 0 Å². The lowest BCUT2D eigenvalue weighted by Crippen LogP contribution is -1.83. The summed E-state index contributed by atoms with van der Waals surface area (Å²) in [5.41, 5.74) is 0.215.